The molecule has 1 N–H and O–H groups in total. The molecule has 1 amide bonds. The van der Waals surface area contributed by atoms with Crippen LogP contribution >= 0.6 is 11.3 Å². The molecule has 0 bridgehead atoms. The topological polar surface area (TPSA) is 73.2 Å². The molecule has 2 heterocycles. The molecule has 0 unspecified atom stereocenters. The summed E-state index contributed by atoms with van der Waals surface area (Å²) in [6, 6.07) is 0. The first kappa shape index (κ1) is 17.7. The van der Waals surface area contributed by atoms with Gasteiger partial charge in [0.1, 0.15) is 5.00 Å². The molecule has 134 valence electrons. The van der Waals surface area contributed by atoms with Crippen LogP contribution in [-0.2, 0) is 24.6 Å². The number of aromatic nitrogens is 2. The summed E-state index contributed by atoms with van der Waals surface area (Å²) in [7, 11) is 1.78. The highest BCUT2D eigenvalue weighted by Crippen LogP contribution is 2.38. The summed E-state index contributed by atoms with van der Waals surface area (Å²) < 4.78 is 6.97. The Hall–Kier alpha value is -2.15. The lowest BCUT2D eigenvalue weighted by Gasteiger charge is -2.12. The monoisotopic (exact) mass is 361 g/mol. The molecule has 2 aromatic rings. The number of hydrogen-bond donors (Lipinski definition) is 1. The standard InChI is InChI=1S/C18H23N3O3S/c1-4-9-24-18(23)15-12-7-5-6-8-14(12)25-17(15)19-16(22)13-10-21(3)20-11(13)2/h10H,4-9H2,1-3H3,(H,19,22). The summed E-state index contributed by atoms with van der Waals surface area (Å²) in [5.41, 5.74) is 2.77. The van der Waals surface area contributed by atoms with Crippen molar-refractivity contribution < 1.29 is 14.3 Å². The third kappa shape index (κ3) is 3.61. The normalized spacial score (nSPS) is 13.4. The maximum atomic E-state index is 12.6. The minimum Gasteiger partial charge on any atom is -0.462 e. The van der Waals surface area contributed by atoms with Gasteiger partial charge in [-0.05, 0) is 44.6 Å². The molecule has 2 aromatic heterocycles. The first-order valence-electron chi connectivity index (χ1n) is 8.64. The minimum atomic E-state index is -0.334. The zero-order valence-corrected chi connectivity index (χ0v) is 15.7. The highest BCUT2D eigenvalue weighted by atomic mass is 32.1. The third-order valence-corrected chi connectivity index (χ3v) is 5.51. The van der Waals surface area contributed by atoms with E-state index < -0.39 is 0 Å². The Morgan fingerprint density at radius 1 is 1.36 bits per heavy atom. The zero-order chi connectivity index (χ0) is 18.0. The van der Waals surface area contributed by atoms with Crippen molar-refractivity contribution in [3.8, 4) is 0 Å². The molecule has 0 radical (unpaired) electrons. The Bertz CT molecular complexity index is 807. The fourth-order valence-electron chi connectivity index (χ4n) is 3.13. The maximum absolute atomic E-state index is 12.6. The van der Waals surface area contributed by atoms with Crippen LogP contribution in [0.15, 0.2) is 6.20 Å². The summed E-state index contributed by atoms with van der Waals surface area (Å²) in [5, 5.41) is 7.72. The first-order valence-corrected chi connectivity index (χ1v) is 9.46. The van der Waals surface area contributed by atoms with Gasteiger partial charge < -0.3 is 10.1 Å². The molecule has 0 atom stereocenters. The van der Waals surface area contributed by atoms with Gasteiger partial charge in [0.25, 0.3) is 5.91 Å². The van der Waals surface area contributed by atoms with Gasteiger partial charge in [0.15, 0.2) is 0 Å². The van der Waals surface area contributed by atoms with Crippen LogP contribution in [0.25, 0.3) is 0 Å². The van der Waals surface area contributed by atoms with E-state index in [2.05, 4.69) is 10.4 Å². The lowest BCUT2D eigenvalue weighted by atomic mass is 9.95. The van der Waals surface area contributed by atoms with E-state index in [-0.39, 0.29) is 11.9 Å². The fourth-order valence-corrected chi connectivity index (χ4v) is 4.40. The molecule has 7 heteroatoms. The molecule has 0 fully saturated rings. The van der Waals surface area contributed by atoms with E-state index >= 15 is 0 Å². The van der Waals surface area contributed by atoms with Gasteiger partial charge in [-0.25, -0.2) is 4.79 Å². The lowest BCUT2D eigenvalue weighted by molar-refractivity contribution is 0.0505. The van der Waals surface area contributed by atoms with Gasteiger partial charge in [0, 0.05) is 18.1 Å². The summed E-state index contributed by atoms with van der Waals surface area (Å²) in [6.07, 6.45) is 6.46. The molecular weight excluding hydrogens is 338 g/mol. The zero-order valence-electron chi connectivity index (χ0n) is 14.8. The van der Waals surface area contributed by atoms with Gasteiger partial charge in [-0.15, -0.1) is 11.3 Å². The molecule has 3 rings (SSSR count). The smallest absolute Gasteiger partial charge is 0.341 e. The largest absolute Gasteiger partial charge is 0.462 e. The molecule has 0 aromatic carbocycles. The van der Waals surface area contributed by atoms with Crippen LogP contribution in [0.4, 0.5) is 5.00 Å². The summed E-state index contributed by atoms with van der Waals surface area (Å²) in [4.78, 5) is 26.4. The minimum absolute atomic E-state index is 0.242. The average Bonchev–Trinajstić information content (AvgIpc) is 3.11. The van der Waals surface area contributed by atoms with Crippen LogP contribution < -0.4 is 5.32 Å². The first-order chi connectivity index (χ1) is 12.0. The van der Waals surface area contributed by atoms with E-state index in [1.165, 1.54) is 16.2 Å². The highest BCUT2D eigenvalue weighted by molar-refractivity contribution is 7.17. The molecular formula is C18H23N3O3S. The van der Waals surface area contributed by atoms with Crippen LogP contribution in [0.1, 0.15) is 63.0 Å². The third-order valence-electron chi connectivity index (χ3n) is 4.30. The second-order valence-corrected chi connectivity index (χ2v) is 7.41. The summed E-state index contributed by atoms with van der Waals surface area (Å²) in [6.45, 7) is 4.15. The van der Waals surface area contributed by atoms with Crippen LogP contribution in [0.3, 0.4) is 0 Å². The summed E-state index contributed by atoms with van der Waals surface area (Å²) in [5.74, 6) is -0.576. The van der Waals surface area contributed by atoms with Gasteiger partial charge >= 0.3 is 5.97 Å². The van der Waals surface area contributed by atoms with Crippen molar-refractivity contribution in [3.63, 3.8) is 0 Å². The van der Waals surface area contributed by atoms with Gasteiger partial charge in [0.2, 0.25) is 0 Å². The number of hydrogen-bond acceptors (Lipinski definition) is 5. The van der Waals surface area contributed by atoms with Crippen molar-refractivity contribution >= 4 is 28.2 Å². The molecule has 6 nitrogen and oxygen atoms in total. The number of aryl methyl sites for hydroxylation is 3. The number of fused-ring (bicyclic) bond motifs is 1. The van der Waals surface area contributed by atoms with Gasteiger partial charge in [-0.3, -0.25) is 9.48 Å². The number of nitrogens with one attached hydrogen (secondary N) is 1. The van der Waals surface area contributed by atoms with E-state index in [1.807, 2.05) is 6.92 Å². The Morgan fingerprint density at radius 3 is 2.80 bits per heavy atom. The number of anilines is 1. The molecule has 0 spiro atoms. The number of carbonyl (C=O) groups excluding carboxylic acids is 2. The van der Waals surface area contributed by atoms with Crippen LogP contribution in [0.5, 0.6) is 0 Å². The number of thiophene rings is 1. The lowest BCUT2D eigenvalue weighted by Crippen LogP contribution is -2.16. The van der Waals surface area contributed by atoms with Crippen molar-refractivity contribution in [1.82, 2.24) is 9.78 Å². The van der Waals surface area contributed by atoms with Crippen molar-refractivity contribution in [2.75, 3.05) is 11.9 Å². The predicted octanol–water partition coefficient (Wildman–Crippen LogP) is 3.49. The van der Waals surface area contributed by atoms with Crippen molar-refractivity contribution in [2.45, 2.75) is 46.0 Å². The van der Waals surface area contributed by atoms with Crippen LogP contribution in [0, 0.1) is 6.92 Å². The van der Waals surface area contributed by atoms with E-state index in [0.29, 0.717) is 28.4 Å². The average molecular weight is 361 g/mol. The Morgan fingerprint density at radius 2 is 2.12 bits per heavy atom. The van der Waals surface area contributed by atoms with Crippen molar-refractivity contribution in [3.05, 3.63) is 33.5 Å². The van der Waals surface area contributed by atoms with E-state index in [9.17, 15) is 9.59 Å². The quantitative estimate of drug-likeness (QED) is 0.828. The molecule has 0 saturated carbocycles. The van der Waals surface area contributed by atoms with E-state index in [0.717, 1.165) is 37.7 Å². The second-order valence-electron chi connectivity index (χ2n) is 6.31. The number of rotatable bonds is 5. The van der Waals surface area contributed by atoms with Crippen molar-refractivity contribution in [1.29, 1.82) is 0 Å². The fraction of sp³-hybridized carbons (Fsp3) is 0.500. The van der Waals surface area contributed by atoms with Crippen molar-refractivity contribution in [2.24, 2.45) is 7.05 Å². The van der Waals surface area contributed by atoms with Gasteiger partial charge in [0.05, 0.1) is 23.4 Å². The number of ether oxygens (including phenoxy) is 1. The maximum Gasteiger partial charge on any atom is 0.341 e. The molecule has 0 saturated heterocycles. The van der Waals surface area contributed by atoms with E-state index in [1.54, 1.807) is 24.9 Å². The number of esters is 1. The Labute approximate surface area is 151 Å². The number of nitrogens with zero attached hydrogens (tertiary/aromatic N) is 2. The Balaban J connectivity index is 1.92. The molecule has 1 aliphatic rings. The van der Waals surface area contributed by atoms with Gasteiger partial charge in [-0.2, -0.15) is 5.10 Å². The molecule has 0 aliphatic heterocycles. The number of carbonyl (C=O) groups is 2. The molecule has 25 heavy (non-hydrogen) atoms. The SMILES string of the molecule is CCCOC(=O)c1c(NC(=O)c2cn(C)nc2C)sc2c1CCCC2. The second kappa shape index (κ2) is 7.39. The predicted molar refractivity (Wildman–Crippen MR) is 97.4 cm³/mol. The van der Waals surface area contributed by atoms with Crippen LogP contribution in [0.2, 0.25) is 0 Å². The summed E-state index contributed by atoms with van der Waals surface area (Å²) >= 11 is 1.50. The number of amides is 1. The van der Waals surface area contributed by atoms with Gasteiger partial charge in [-0.1, -0.05) is 6.92 Å². The van der Waals surface area contributed by atoms with Crippen LogP contribution in [-0.4, -0.2) is 28.3 Å². The van der Waals surface area contributed by atoms with E-state index in [4.69, 9.17) is 4.74 Å². The highest BCUT2D eigenvalue weighted by Gasteiger charge is 2.28. The molecule has 1 aliphatic carbocycles. The Kier molecular flexibility index (Phi) is 5.22.